The Kier molecular flexibility index (Phi) is 50.4. The zero-order valence-electron chi connectivity index (χ0n) is 17.2. The van der Waals surface area contributed by atoms with Crippen molar-refractivity contribution in [2.24, 2.45) is 0 Å². The Balaban J connectivity index is -0.000000154. The first-order valence-electron chi connectivity index (χ1n) is 10.2. The van der Waals surface area contributed by atoms with Gasteiger partial charge in [-0.2, -0.15) is 0 Å². The smallest absolute Gasteiger partial charge is 0 e. The molecule has 0 aliphatic heterocycles. The Morgan fingerprint density at radius 3 is 0.750 bits per heavy atom. The Labute approximate surface area is 183 Å². The van der Waals surface area contributed by atoms with E-state index in [4.69, 9.17) is 0 Å². The molecule has 24 heavy (non-hydrogen) atoms. The van der Waals surface area contributed by atoms with E-state index in [1.807, 2.05) is 0 Å². The molecule has 146 valence electrons. The second-order valence-corrected chi connectivity index (χ2v) is 9.33. The summed E-state index contributed by atoms with van der Waals surface area (Å²) >= 11 is 0. The molecule has 0 saturated carbocycles. The second kappa shape index (κ2) is 36.0. The molecule has 0 atom stereocenters. The Morgan fingerprint density at radius 2 is 0.583 bits per heavy atom. The molecule has 4 heteroatoms. The normalized spacial score (nSPS) is 9.50. The van der Waals surface area contributed by atoms with Crippen molar-refractivity contribution >= 4 is 17.2 Å². The molecule has 0 nitrogen and oxygen atoms in total. The first-order chi connectivity index (χ1) is 10.8. The zero-order chi connectivity index (χ0) is 16.7. The quantitative estimate of drug-likeness (QED) is 0.165. The van der Waals surface area contributed by atoms with Crippen molar-refractivity contribution in [3.63, 3.8) is 0 Å². The van der Waals surface area contributed by atoms with Gasteiger partial charge in [-0.3, -0.25) is 0 Å². The molecule has 0 aliphatic rings. The van der Waals surface area contributed by atoms with Crippen LogP contribution in [0.25, 0.3) is 0 Å². The Hall–Kier alpha value is 2.03. The molecule has 0 unspecified atom stereocenters. The van der Waals surface area contributed by atoms with Gasteiger partial charge in [-0.05, 0) is 50.3 Å². The van der Waals surface area contributed by atoms with Crippen LogP contribution in [-0.2, 0) is 37.1 Å². The van der Waals surface area contributed by atoms with Gasteiger partial charge < -0.3 is 0 Å². The summed E-state index contributed by atoms with van der Waals surface area (Å²) in [5.41, 5.74) is 0. The fraction of sp³-hybridized carbons (Fsp3) is 1.00. The van der Waals surface area contributed by atoms with Gasteiger partial charge in [0, 0.05) is 37.1 Å². The topological polar surface area (TPSA) is 0 Å². The van der Waals surface area contributed by atoms with Crippen molar-refractivity contribution in [2.45, 2.75) is 105 Å². The van der Waals surface area contributed by atoms with Crippen LogP contribution in [0.5, 0.6) is 0 Å². The van der Waals surface area contributed by atoms with Gasteiger partial charge in [-0.25, -0.2) is 0 Å². The van der Waals surface area contributed by atoms with Crippen molar-refractivity contribution in [3.05, 3.63) is 0 Å². The molecule has 2 radical (unpaired) electrons. The van der Waals surface area contributed by atoms with E-state index in [1.165, 1.54) is 119 Å². The van der Waals surface area contributed by atoms with Crippen molar-refractivity contribution in [1.82, 2.24) is 0 Å². The molecule has 0 rings (SSSR count). The van der Waals surface area contributed by atoms with E-state index in [2.05, 4.69) is 27.7 Å². The van der Waals surface area contributed by atoms with E-state index >= 15 is 0 Å². The molecule has 0 fully saturated rings. The van der Waals surface area contributed by atoms with E-state index in [9.17, 15) is 0 Å². The average Bonchev–Trinajstić information content (AvgIpc) is 2.54. The predicted molar refractivity (Wildman–Crippen MR) is 114 cm³/mol. The van der Waals surface area contributed by atoms with Crippen molar-refractivity contribution < 1.29 is 37.1 Å². The fourth-order valence-electron chi connectivity index (χ4n) is 2.25. The van der Waals surface area contributed by atoms with E-state index in [0.29, 0.717) is 0 Å². The van der Waals surface area contributed by atoms with Crippen LogP contribution in [0.4, 0.5) is 0 Å². The molecular formula is C20H46P2V2. The maximum atomic E-state index is 2.28. The summed E-state index contributed by atoms with van der Waals surface area (Å²) in [5.74, 6) is 0. The van der Waals surface area contributed by atoms with Crippen LogP contribution in [0, 0.1) is 0 Å². The van der Waals surface area contributed by atoms with Crippen LogP contribution in [0.1, 0.15) is 105 Å². The molecule has 0 N–H and O–H groups in total. The van der Waals surface area contributed by atoms with E-state index in [1.54, 1.807) is 0 Å². The van der Waals surface area contributed by atoms with Crippen LogP contribution >= 0.6 is 17.2 Å². The predicted octanol–water partition coefficient (Wildman–Crippen LogP) is 8.09. The van der Waals surface area contributed by atoms with Gasteiger partial charge in [-0.1, -0.05) is 79.1 Å². The van der Waals surface area contributed by atoms with Crippen molar-refractivity contribution in [1.29, 1.82) is 0 Å². The van der Waals surface area contributed by atoms with Gasteiger partial charge in [0.2, 0.25) is 0 Å². The second-order valence-electron chi connectivity index (χ2n) is 6.33. The van der Waals surface area contributed by atoms with E-state index in [-0.39, 0.29) is 37.1 Å². The van der Waals surface area contributed by atoms with Crippen LogP contribution in [-0.4, -0.2) is 24.6 Å². The minimum absolute atomic E-state index is 0. The third-order valence-electron chi connectivity index (χ3n) is 3.83. The van der Waals surface area contributed by atoms with Gasteiger partial charge in [-0.15, -0.1) is 17.2 Å². The summed E-state index contributed by atoms with van der Waals surface area (Å²) in [5, 5.41) is 0. The average molecular weight is 450 g/mol. The molecule has 0 bridgehead atoms. The van der Waals surface area contributed by atoms with Gasteiger partial charge >= 0.3 is 0 Å². The largest absolute Gasteiger partial charge is 0.122 e. The summed E-state index contributed by atoms with van der Waals surface area (Å²) < 4.78 is 0. The fourth-order valence-corrected chi connectivity index (χ4v) is 4.75. The van der Waals surface area contributed by atoms with Gasteiger partial charge in [0.1, 0.15) is 0 Å². The van der Waals surface area contributed by atoms with Crippen LogP contribution < -0.4 is 0 Å². The first-order valence-corrected chi connectivity index (χ1v) is 13.1. The molecule has 0 saturated heterocycles. The summed E-state index contributed by atoms with van der Waals surface area (Å²) in [6.07, 6.45) is 23.2. The molecule has 0 aromatic heterocycles. The minimum atomic E-state index is 0. The molecule has 0 aliphatic carbocycles. The number of rotatable bonds is 16. The van der Waals surface area contributed by atoms with Crippen molar-refractivity contribution in [2.75, 3.05) is 24.6 Å². The molecule has 0 spiro atoms. The summed E-state index contributed by atoms with van der Waals surface area (Å²) in [4.78, 5) is 0. The molecule has 0 aromatic rings. The summed E-state index contributed by atoms with van der Waals surface area (Å²) in [6, 6.07) is 0. The molecular weight excluding hydrogens is 404 g/mol. The summed E-state index contributed by atoms with van der Waals surface area (Å²) in [6.45, 7) is 9.11. The third-order valence-corrected chi connectivity index (χ3v) is 6.66. The van der Waals surface area contributed by atoms with Crippen molar-refractivity contribution in [3.8, 4) is 0 Å². The van der Waals surface area contributed by atoms with Crippen LogP contribution in [0.15, 0.2) is 0 Å². The number of unbranched alkanes of at least 4 members (excludes halogenated alkanes) is 8. The van der Waals surface area contributed by atoms with Gasteiger partial charge in [0.05, 0.1) is 0 Å². The Bertz CT molecular complexity index is 136. The third kappa shape index (κ3) is 39.2. The molecule has 0 aromatic carbocycles. The monoisotopic (exact) mass is 450 g/mol. The van der Waals surface area contributed by atoms with Crippen LogP contribution in [0.2, 0.25) is 0 Å². The standard InChI is InChI=1S/2C10H23P.2V/c2*1-3-5-7-9-11-10-8-6-4-2;;/h2*11H,3-10H2,1-2H3;;. The number of hydrogen-bond donors (Lipinski definition) is 0. The SMILES string of the molecule is CCCCCPCCCCC.CCCCCPCCCCC.[V].[V]. The van der Waals surface area contributed by atoms with Crippen LogP contribution in [0.3, 0.4) is 0 Å². The Morgan fingerprint density at radius 1 is 0.375 bits per heavy atom. The van der Waals surface area contributed by atoms with E-state index in [0.717, 1.165) is 0 Å². The zero-order valence-corrected chi connectivity index (χ0v) is 22.0. The van der Waals surface area contributed by atoms with E-state index < -0.39 is 0 Å². The number of hydrogen-bond acceptors (Lipinski definition) is 0. The minimum Gasteiger partial charge on any atom is -0.122 e. The summed E-state index contributed by atoms with van der Waals surface area (Å²) in [7, 11) is 2.50. The maximum Gasteiger partial charge on any atom is 0 e. The molecule has 0 amide bonds. The molecule has 0 heterocycles. The van der Waals surface area contributed by atoms with Gasteiger partial charge in [0.25, 0.3) is 0 Å². The maximum absolute atomic E-state index is 2.28. The van der Waals surface area contributed by atoms with Gasteiger partial charge in [0.15, 0.2) is 0 Å². The first kappa shape index (κ1) is 33.6.